The monoisotopic (exact) mass is 428 g/mol. The van der Waals surface area contributed by atoms with Crippen LogP contribution in [0.4, 0.5) is 5.13 Å². The van der Waals surface area contributed by atoms with Gasteiger partial charge < -0.3 is 10.1 Å². The average Bonchev–Trinajstić information content (AvgIpc) is 3.18. The van der Waals surface area contributed by atoms with E-state index in [-0.39, 0.29) is 11.8 Å². The predicted octanol–water partition coefficient (Wildman–Crippen LogP) is 6.29. The number of benzene rings is 3. The number of carbonyl (C=O) groups excluding carboxylic acids is 1. The maximum absolute atomic E-state index is 12.9. The van der Waals surface area contributed by atoms with E-state index in [4.69, 9.17) is 4.74 Å². The summed E-state index contributed by atoms with van der Waals surface area (Å²) in [4.78, 5) is 18.7. The summed E-state index contributed by atoms with van der Waals surface area (Å²) in [6, 6.07) is 28.1. The van der Waals surface area contributed by atoms with Crippen molar-refractivity contribution in [3.05, 3.63) is 101 Å². The van der Waals surface area contributed by atoms with Crippen molar-refractivity contribution in [2.24, 2.45) is 0 Å². The fraction of sp³-hybridized carbons (Fsp3) is 0.154. The van der Waals surface area contributed by atoms with Crippen molar-refractivity contribution in [3.63, 3.8) is 0 Å². The molecule has 0 radical (unpaired) electrons. The summed E-state index contributed by atoms with van der Waals surface area (Å²) in [5, 5.41) is 3.63. The first-order valence-electron chi connectivity index (χ1n) is 10.2. The second kappa shape index (κ2) is 9.58. The maximum atomic E-state index is 12.9. The van der Waals surface area contributed by atoms with E-state index in [2.05, 4.69) is 34.6 Å². The Labute approximate surface area is 186 Å². The van der Waals surface area contributed by atoms with Crippen molar-refractivity contribution < 1.29 is 9.53 Å². The number of anilines is 1. The Morgan fingerprint density at radius 2 is 1.52 bits per heavy atom. The topological polar surface area (TPSA) is 51.2 Å². The molecule has 0 bridgehead atoms. The highest BCUT2D eigenvalue weighted by Crippen LogP contribution is 2.32. The van der Waals surface area contributed by atoms with Crippen LogP contribution in [0.2, 0.25) is 0 Å². The van der Waals surface area contributed by atoms with Crippen molar-refractivity contribution in [3.8, 4) is 17.0 Å². The fourth-order valence-corrected chi connectivity index (χ4v) is 4.47. The number of methoxy groups -OCH3 is 1. The molecular formula is C26H24N2O2S. The minimum atomic E-state index is -0.0484. The standard InChI is InChI=1S/C26H24N2O2S/c1-18-25(21-13-15-22(30-2)16-14-21)28-26(31-18)27-24(29)17-23(19-9-5-3-6-10-19)20-11-7-4-8-12-20/h3-16,23H,17H2,1-2H3,(H,27,28,29). The Morgan fingerprint density at radius 3 is 2.06 bits per heavy atom. The Balaban J connectivity index is 1.52. The largest absolute Gasteiger partial charge is 0.497 e. The first-order chi connectivity index (χ1) is 15.1. The van der Waals surface area contributed by atoms with Crippen LogP contribution >= 0.6 is 11.3 Å². The molecule has 1 heterocycles. The Hall–Kier alpha value is -3.44. The second-order valence-electron chi connectivity index (χ2n) is 7.28. The highest BCUT2D eigenvalue weighted by molar-refractivity contribution is 7.16. The normalized spacial score (nSPS) is 10.8. The number of aryl methyl sites for hydroxylation is 1. The lowest BCUT2D eigenvalue weighted by atomic mass is 9.88. The average molecular weight is 429 g/mol. The van der Waals surface area contributed by atoms with Gasteiger partial charge in [0.05, 0.1) is 12.8 Å². The van der Waals surface area contributed by atoms with Crippen LogP contribution in [0.5, 0.6) is 5.75 Å². The molecule has 1 amide bonds. The minimum absolute atomic E-state index is 0.00971. The SMILES string of the molecule is COc1ccc(-c2nc(NC(=O)CC(c3ccccc3)c3ccccc3)sc2C)cc1. The number of nitrogens with zero attached hydrogens (tertiary/aromatic N) is 1. The zero-order valence-electron chi connectivity index (χ0n) is 17.5. The van der Waals surface area contributed by atoms with E-state index < -0.39 is 0 Å². The Kier molecular flexibility index (Phi) is 6.43. The molecule has 0 spiro atoms. The van der Waals surface area contributed by atoms with Crippen molar-refractivity contribution in [1.82, 2.24) is 4.98 Å². The molecule has 4 nitrogen and oxygen atoms in total. The minimum Gasteiger partial charge on any atom is -0.497 e. The summed E-state index contributed by atoms with van der Waals surface area (Å²) in [6.45, 7) is 2.02. The number of ether oxygens (including phenoxy) is 1. The van der Waals surface area contributed by atoms with Crippen LogP contribution in [0, 0.1) is 6.92 Å². The molecule has 1 aromatic heterocycles. The summed E-state index contributed by atoms with van der Waals surface area (Å²) in [5.74, 6) is 0.746. The van der Waals surface area contributed by atoms with Crippen LogP contribution in [0.1, 0.15) is 28.3 Å². The van der Waals surface area contributed by atoms with E-state index >= 15 is 0 Å². The fourth-order valence-electron chi connectivity index (χ4n) is 3.62. The molecule has 0 aliphatic rings. The molecular weight excluding hydrogens is 404 g/mol. The summed E-state index contributed by atoms with van der Waals surface area (Å²) in [6.07, 6.45) is 0.352. The van der Waals surface area contributed by atoms with Gasteiger partial charge in [0.1, 0.15) is 5.75 Å². The number of hydrogen-bond acceptors (Lipinski definition) is 4. The van der Waals surface area contributed by atoms with Crippen LogP contribution in [-0.2, 0) is 4.79 Å². The van der Waals surface area contributed by atoms with Gasteiger partial charge in [-0.25, -0.2) is 4.98 Å². The second-order valence-corrected chi connectivity index (χ2v) is 8.48. The third kappa shape index (κ3) is 5.01. The number of carbonyl (C=O) groups is 1. The van der Waals surface area contributed by atoms with Crippen molar-refractivity contribution in [2.75, 3.05) is 12.4 Å². The molecule has 0 atom stereocenters. The molecule has 1 N–H and O–H groups in total. The zero-order chi connectivity index (χ0) is 21.6. The first-order valence-corrected chi connectivity index (χ1v) is 11.0. The van der Waals surface area contributed by atoms with Crippen molar-refractivity contribution in [1.29, 1.82) is 0 Å². The molecule has 5 heteroatoms. The third-order valence-electron chi connectivity index (χ3n) is 5.20. The van der Waals surface area contributed by atoms with E-state index in [9.17, 15) is 4.79 Å². The van der Waals surface area contributed by atoms with Gasteiger partial charge in [-0.05, 0) is 42.3 Å². The van der Waals surface area contributed by atoms with Gasteiger partial charge in [0.2, 0.25) is 5.91 Å². The van der Waals surface area contributed by atoms with Gasteiger partial charge in [-0.15, -0.1) is 11.3 Å². The van der Waals surface area contributed by atoms with Crippen LogP contribution < -0.4 is 10.1 Å². The summed E-state index contributed by atoms with van der Waals surface area (Å²) >= 11 is 1.49. The van der Waals surface area contributed by atoms with Crippen LogP contribution in [-0.4, -0.2) is 18.0 Å². The zero-order valence-corrected chi connectivity index (χ0v) is 18.4. The van der Waals surface area contributed by atoms with Gasteiger partial charge in [0.25, 0.3) is 0 Å². The lowest BCUT2D eigenvalue weighted by molar-refractivity contribution is -0.116. The van der Waals surface area contributed by atoms with E-state index in [1.165, 1.54) is 11.3 Å². The number of amides is 1. The number of hydrogen-bond donors (Lipinski definition) is 1. The molecule has 0 aliphatic heterocycles. The molecule has 0 unspecified atom stereocenters. The number of nitrogens with one attached hydrogen (secondary N) is 1. The van der Waals surface area contributed by atoms with E-state index in [0.29, 0.717) is 11.6 Å². The molecule has 0 saturated heterocycles. The van der Waals surface area contributed by atoms with Gasteiger partial charge in [-0.3, -0.25) is 4.79 Å². The summed E-state index contributed by atoms with van der Waals surface area (Å²) in [7, 11) is 1.65. The lowest BCUT2D eigenvalue weighted by Gasteiger charge is -2.17. The summed E-state index contributed by atoms with van der Waals surface area (Å²) in [5.41, 5.74) is 4.13. The lowest BCUT2D eigenvalue weighted by Crippen LogP contribution is -2.16. The highest BCUT2D eigenvalue weighted by Gasteiger charge is 2.19. The number of rotatable bonds is 7. The van der Waals surface area contributed by atoms with Gasteiger partial charge >= 0.3 is 0 Å². The highest BCUT2D eigenvalue weighted by atomic mass is 32.1. The quantitative estimate of drug-likeness (QED) is 0.376. The van der Waals surface area contributed by atoms with Crippen LogP contribution in [0.25, 0.3) is 11.3 Å². The molecule has 0 aliphatic carbocycles. The smallest absolute Gasteiger partial charge is 0.227 e. The van der Waals surface area contributed by atoms with Crippen LogP contribution in [0.15, 0.2) is 84.9 Å². The molecule has 156 valence electrons. The van der Waals surface area contributed by atoms with Crippen molar-refractivity contribution in [2.45, 2.75) is 19.3 Å². The van der Waals surface area contributed by atoms with Crippen molar-refractivity contribution >= 4 is 22.4 Å². The molecule has 0 saturated carbocycles. The maximum Gasteiger partial charge on any atom is 0.227 e. The first kappa shape index (κ1) is 20.8. The van der Waals surface area contributed by atoms with Gasteiger partial charge in [-0.2, -0.15) is 0 Å². The molecule has 0 fully saturated rings. The molecule has 3 aromatic carbocycles. The van der Waals surface area contributed by atoms with E-state index in [1.807, 2.05) is 67.6 Å². The number of thiazole rings is 1. The van der Waals surface area contributed by atoms with Crippen LogP contribution in [0.3, 0.4) is 0 Å². The molecule has 31 heavy (non-hydrogen) atoms. The molecule has 4 aromatic rings. The predicted molar refractivity (Wildman–Crippen MR) is 127 cm³/mol. The van der Waals surface area contributed by atoms with Gasteiger partial charge in [0.15, 0.2) is 5.13 Å². The van der Waals surface area contributed by atoms with E-state index in [1.54, 1.807) is 7.11 Å². The third-order valence-corrected chi connectivity index (χ3v) is 6.09. The number of aromatic nitrogens is 1. The Bertz CT molecular complexity index is 1100. The van der Waals surface area contributed by atoms with Gasteiger partial charge in [0, 0.05) is 22.8 Å². The molecule has 4 rings (SSSR count). The van der Waals surface area contributed by atoms with Gasteiger partial charge in [-0.1, -0.05) is 60.7 Å². The van der Waals surface area contributed by atoms with E-state index in [0.717, 1.165) is 33.0 Å². The Morgan fingerprint density at radius 1 is 0.935 bits per heavy atom. The summed E-state index contributed by atoms with van der Waals surface area (Å²) < 4.78 is 5.23.